The van der Waals surface area contributed by atoms with Crippen molar-refractivity contribution in [1.82, 2.24) is 4.90 Å². The van der Waals surface area contributed by atoms with Crippen molar-refractivity contribution in [3.8, 4) is 40.2 Å². The Hall–Kier alpha value is -3.86. The summed E-state index contributed by atoms with van der Waals surface area (Å²) in [7, 11) is 3.19. The molecule has 3 aliphatic rings. The first-order valence-electron chi connectivity index (χ1n) is 15.0. The van der Waals surface area contributed by atoms with E-state index in [1.807, 2.05) is 50.2 Å². The second-order valence-electron chi connectivity index (χ2n) is 11.6. The maximum absolute atomic E-state index is 9.81. The van der Waals surface area contributed by atoms with Crippen molar-refractivity contribution in [2.45, 2.75) is 50.6 Å². The molecule has 0 spiro atoms. The monoisotopic (exact) mass is 609 g/mol. The lowest BCUT2D eigenvalue weighted by atomic mass is 9.90. The molecule has 3 aliphatic heterocycles. The third-order valence-corrected chi connectivity index (χ3v) is 7.84. The molecule has 0 saturated carbocycles. The van der Waals surface area contributed by atoms with Crippen molar-refractivity contribution in [3.05, 3.63) is 66.2 Å². The number of hydrogen-bond acceptors (Lipinski definition) is 10. The fourth-order valence-electron chi connectivity index (χ4n) is 5.76. The molecule has 0 amide bonds. The van der Waals surface area contributed by atoms with Gasteiger partial charge in [0.1, 0.15) is 31.2 Å². The maximum atomic E-state index is 9.81. The molecule has 10 heteroatoms. The van der Waals surface area contributed by atoms with Gasteiger partial charge in [-0.1, -0.05) is 24.3 Å². The Labute approximate surface area is 259 Å². The number of methoxy groups -OCH3 is 2. The molecule has 3 aromatic carbocycles. The number of fused-ring (bicyclic) bond motifs is 1. The second kappa shape index (κ2) is 14.3. The zero-order valence-electron chi connectivity index (χ0n) is 25.9. The normalized spacial score (nSPS) is 22.4. The van der Waals surface area contributed by atoms with Crippen LogP contribution >= 0.6 is 0 Å². The number of ether oxygens (including phenoxy) is 7. The molecule has 3 aromatic rings. The molecular formula is C34H43NO9. The largest absolute Gasteiger partial charge is 0.508 e. The van der Waals surface area contributed by atoms with Crippen molar-refractivity contribution in [3.63, 3.8) is 0 Å². The molecule has 6 rings (SSSR count). The summed E-state index contributed by atoms with van der Waals surface area (Å²) in [6.07, 6.45) is 2.13. The fourth-order valence-corrected chi connectivity index (χ4v) is 5.76. The number of hydrogen-bond donors (Lipinski definition) is 2. The number of rotatable bonds is 8. The van der Waals surface area contributed by atoms with E-state index in [9.17, 15) is 10.2 Å². The van der Waals surface area contributed by atoms with Crippen LogP contribution in [0.1, 0.15) is 38.2 Å². The Morgan fingerprint density at radius 2 is 1.68 bits per heavy atom. The van der Waals surface area contributed by atoms with E-state index in [4.69, 9.17) is 33.2 Å². The molecule has 2 N–H and O–H groups in total. The molecular weight excluding hydrogens is 566 g/mol. The maximum Gasteiger partial charge on any atom is 0.203 e. The lowest BCUT2D eigenvalue weighted by molar-refractivity contribution is -0.141. The zero-order chi connectivity index (χ0) is 31.1. The molecule has 238 valence electrons. The van der Waals surface area contributed by atoms with Crippen molar-refractivity contribution in [1.29, 1.82) is 0 Å². The van der Waals surface area contributed by atoms with Crippen molar-refractivity contribution >= 4 is 0 Å². The van der Waals surface area contributed by atoms with Gasteiger partial charge in [0.15, 0.2) is 28.8 Å². The number of phenolic OH excluding ortho intramolecular Hbond substituents is 2. The Balaban J connectivity index is 0.000000182. The number of nitrogens with zero attached hydrogens (tertiary/aromatic N) is 1. The first-order chi connectivity index (χ1) is 21.2. The first kappa shape index (κ1) is 31.6. The van der Waals surface area contributed by atoms with Gasteiger partial charge < -0.3 is 43.4 Å². The third-order valence-electron chi connectivity index (χ3n) is 7.84. The van der Waals surface area contributed by atoms with Crippen molar-refractivity contribution in [2.75, 3.05) is 53.7 Å². The average molecular weight is 610 g/mol. The highest BCUT2D eigenvalue weighted by Gasteiger charge is 2.33. The van der Waals surface area contributed by atoms with E-state index in [1.165, 1.54) is 5.56 Å². The van der Waals surface area contributed by atoms with Crippen LogP contribution in [0, 0.1) is 0 Å². The van der Waals surface area contributed by atoms with Gasteiger partial charge in [0.25, 0.3) is 0 Å². The molecule has 2 fully saturated rings. The lowest BCUT2D eigenvalue weighted by Crippen LogP contribution is -2.44. The Kier molecular flexibility index (Phi) is 10.2. The second-order valence-corrected chi connectivity index (χ2v) is 11.6. The molecule has 0 unspecified atom stereocenters. The molecule has 0 aliphatic carbocycles. The van der Waals surface area contributed by atoms with Crippen molar-refractivity contribution < 1.29 is 43.4 Å². The summed E-state index contributed by atoms with van der Waals surface area (Å²) in [6, 6.07) is 18.3. The van der Waals surface area contributed by atoms with Gasteiger partial charge in [-0.05, 0) is 81.1 Å². The van der Waals surface area contributed by atoms with Crippen LogP contribution < -0.4 is 23.7 Å². The third kappa shape index (κ3) is 7.99. The fraction of sp³-hybridized carbons (Fsp3) is 0.471. The van der Waals surface area contributed by atoms with E-state index in [0.717, 1.165) is 32.5 Å². The lowest BCUT2D eigenvalue weighted by Gasteiger charge is -2.36. The molecule has 0 aromatic heterocycles. The highest BCUT2D eigenvalue weighted by Crippen LogP contribution is 2.40. The zero-order valence-corrected chi connectivity index (χ0v) is 25.9. The summed E-state index contributed by atoms with van der Waals surface area (Å²) in [4.78, 5) is 2.40. The minimum absolute atomic E-state index is 0.0442. The van der Waals surface area contributed by atoms with Crippen LogP contribution in [-0.2, 0) is 9.47 Å². The van der Waals surface area contributed by atoms with E-state index in [1.54, 1.807) is 32.4 Å². The van der Waals surface area contributed by atoms with E-state index < -0.39 is 5.79 Å². The molecule has 0 radical (unpaired) electrons. The summed E-state index contributed by atoms with van der Waals surface area (Å²) in [5, 5.41) is 19.5. The predicted octanol–water partition coefficient (Wildman–Crippen LogP) is 5.35. The van der Waals surface area contributed by atoms with Crippen LogP contribution in [0.15, 0.2) is 60.7 Å². The van der Waals surface area contributed by atoms with Gasteiger partial charge in [-0.3, -0.25) is 4.90 Å². The van der Waals surface area contributed by atoms with Crippen LogP contribution in [-0.4, -0.2) is 86.8 Å². The van der Waals surface area contributed by atoms with Gasteiger partial charge in [-0.2, -0.15) is 0 Å². The standard InChI is InChI=1S/C20H23NO4.C14H20O5/c22-16-6-1-4-14(10-16)15-5-3-9-21(11-15)12-17-13-24-20-18(23)7-2-8-19(20)25-17;1-14(2)18-9-10(19-14)8-17-13-11(15-3)6-5-7-12(13)16-4/h1-2,4,6-8,10,15,17,22-23H,3,5,9,11-13H2;5-7,10H,8-9H2,1-4H3/t15-,17-;10-/m00/s1. The molecule has 3 atom stereocenters. The number of likely N-dealkylation sites (tertiary alicyclic amines) is 1. The number of phenols is 2. The summed E-state index contributed by atoms with van der Waals surface area (Å²) in [5.41, 5.74) is 1.20. The minimum Gasteiger partial charge on any atom is -0.508 e. The minimum atomic E-state index is -0.543. The SMILES string of the molecule is COc1cccc(OC)c1OC[C@H]1COC(C)(C)O1.Oc1cccc([C@H]2CCCN(C[C@H]3COc4c(O)cccc4O3)C2)c1. The van der Waals surface area contributed by atoms with Gasteiger partial charge in [0.2, 0.25) is 11.5 Å². The Morgan fingerprint density at radius 3 is 2.39 bits per heavy atom. The highest BCUT2D eigenvalue weighted by atomic mass is 16.7. The van der Waals surface area contributed by atoms with Crippen LogP contribution in [0.25, 0.3) is 0 Å². The summed E-state index contributed by atoms with van der Waals surface area (Å²) in [5.74, 6) is 3.25. The number of benzene rings is 3. The van der Waals surface area contributed by atoms with Crippen LogP contribution in [0.4, 0.5) is 0 Å². The van der Waals surface area contributed by atoms with Gasteiger partial charge in [0.05, 0.1) is 20.8 Å². The number of piperidine rings is 1. The summed E-state index contributed by atoms with van der Waals surface area (Å²) >= 11 is 0. The molecule has 10 nitrogen and oxygen atoms in total. The van der Waals surface area contributed by atoms with E-state index in [2.05, 4.69) is 11.0 Å². The van der Waals surface area contributed by atoms with E-state index in [-0.39, 0.29) is 18.0 Å². The Bertz CT molecular complexity index is 1360. The Morgan fingerprint density at radius 1 is 0.932 bits per heavy atom. The number of para-hydroxylation sites is 2. The highest BCUT2D eigenvalue weighted by molar-refractivity contribution is 5.51. The van der Waals surface area contributed by atoms with E-state index in [0.29, 0.717) is 60.2 Å². The molecule has 0 bridgehead atoms. The number of aromatic hydroxyl groups is 2. The molecule has 44 heavy (non-hydrogen) atoms. The molecule has 3 heterocycles. The van der Waals surface area contributed by atoms with Gasteiger partial charge >= 0.3 is 0 Å². The molecule has 2 saturated heterocycles. The van der Waals surface area contributed by atoms with E-state index >= 15 is 0 Å². The summed E-state index contributed by atoms with van der Waals surface area (Å²) < 4.78 is 39.2. The topological polar surface area (TPSA) is 108 Å². The smallest absolute Gasteiger partial charge is 0.203 e. The van der Waals surface area contributed by atoms with Crippen LogP contribution in [0.3, 0.4) is 0 Å². The van der Waals surface area contributed by atoms with Gasteiger partial charge in [0, 0.05) is 13.1 Å². The van der Waals surface area contributed by atoms with Crippen molar-refractivity contribution in [2.24, 2.45) is 0 Å². The first-order valence-corrected chi connectivity index (χ1v) is 15.0. The summed E-state index contributed by atoms with van der Waals surface area (Å²) in [6.45, 7) is 7.92. The van der Waals surface area contributed by atoms with Crippen LogP contribution in [0.5, 0.6) is 40.2 Å². The predicted molar refractivity (Wildman–Crippen MR) is 164 cm³/mol. The quantitative estimate of drug-likeness (QED) is 0.347. The van der Waals surface area contributed by atoms with Gasteiger partial charge in [-0.15, -0.1) is 0 Å². The van der Waals surface area contributed by atoms with Gasteiger partial charge in [-0.25, -0.2) is 0 Å². The van der Waals surface area contributed by atoms with Crippen LogP contribution in [0.2, 0.25) is 0 Å². The average Bonchev–Trinajstić information content (AvgIpc) is 3.38.